The van der Waals surface area contributed by atoms with Gasteiger partial charge in [-0.1, -0.05) is 27.7 Å². The van der Waals surface area contributed by atoms with Gasteiger partial charge >= 0.3 is 238 Å². The number of cyclic esters (lactones) is 1. The molecule has 6 rings (SSSR count). The predicted molar refractivity (Wildman–Crippen MR) is 353 cm³/mol. The summed E-state index contributed by atoms with van der Waals surface area (Å²) >= 11 is 0. The Balaban J connectivity index is 1.20. The Bertz CT molecular complexity index is 2530. The van der Waals surface area contributed by atoms with Gasteiger partial charge in [0, 0.05) is 32.0 Å². The van der Waals surface area contributed by atoms with Gasteiger partial charge in [-0.25, -0.2) is 0 Å². The van der Waals surface area contributed by atoms with Crippen molar-refractivity contribution in [2.45, 2.75) is 278 Å². The van der Waals surface area contributed by atoms with E-state index >= 15 is 0 Å². The van der Waals surface area contributed by atoms with Crippen molar-refractivity contribution in [3.63, 3.8) is 0 Å². The summed E-state index contributed by atoms with van der Waals surface area (Å²) in [5.41, 5.74) is 3.10. The number of ether oxygens (including phenoxy) is 5. The van der Waals surface area contributed by atoms with Gasteiger partial charge in [-0.05, 0) is 86.7 Å². The Morgan fingerprint density at radius 3 is 1.66 bits per heavy atom. The molecule has 3 fully saturated rings. The molecule has 0 saturated carbocycles. The van der Waals surface area contributed by atoms with Crippen LogP contribution in [-0.4, -0.2) is 165 Å². The number of carbonyl (C=O) groups excluding carboxylic acids is 2. The van der Waals surface area contributed by atoms with Gasteiger partial charge in [0.05, 0.1) is 47.6 Å². The summed E-state index contributed by atoms with van der Waals surface area (Å²) in [6.45, 7) is 31.3. The van der Waals surface area contributed by atoms with Crippen molar-refractivity contribution in [2.75, 3.05) is 33.9 Å². The van der Waals surface area contributed by atoms with Crippen LogP contribution in [0.1, 0.15) is 186 Å². The molecule has 1 amide bonds. The number of nitrogens with zero attached hydrogens (tertiary/aromatic N) is 2. The summed E-state index contributed by atoms with van der Waals surface area (Å²) in [4.78, 5) is 33.2. The topological polar surface area (TPSA) is 188 Å². The Hall–Kier alpha value is -3.37. The molecule has 492 valence electrons. The molecular formula is C72H117N2O12P. The summed E-state index contributed by atoms with van der Waals surface area (Å²) in [5.74, 6) is -3.64. The van der Waals surface area contributed by atoms with Crippen LogP contribution in [0.5, 0.6) is 0 Å². The van der Waals surface area contributed by atoms with Gasteiger partial charge in [0.25, 0.3) is 0 Å². The second-order valence-electron chi connectivity index (χ2n) is 28.7. The van der Waals surface area contributed by atoms with Crippen molar-refractivity contribution in [2.24, 2.45) is 23.7 Å². The van der Waals surface area contributed by atoms with Gasteiger partial charge < -0.3 is 54.1 Å². The van der Waals surface area contributed by atoms with Crippen LogP contribution >= 0.6 is 7.26 Å². The number of methoxy groups -OCH3 is 1. The zero-order valence-corrected chi connectivity index (χ0v) is 58.0. The second kappa shape index (κ2) is 30.8. The molecule has 3 aliphatic heterocycles. The number of hydrogen-bond donors (Lipinski definition) is 5. The molecule has 3 aromatic rings. The first-order valence-corrected chi connectivity index (χ1v) is 35.3. The largest absolute Gasteiger partial charge is 0.388 e. The summed E-state index contributed by atoms with van der Waals surface area (Å²) in [5, 5.41) is 65.6. The molecule has 0 radical (unpaired) electrons. The molecule has 0 spiro atoms. The van der Waals surface area contributed by atoms with E-state index in [1.165, 1.54) is 63.3 Å². The summed E-state index contributed by atoms with van der Waals surface area (Å²) < 4.78 is 32.3. The molecule has 1 unspecified atom stereocenters. The minimum Gasteiger partial charge on any atom is -0.388 e. The Morgan fingerprint density at radius 1 is 0.701 bits per heavy atom. The quantitative estimate of drug-likeness (QED) is 0.0409. The number of likely N-dealkylation sites (N-methyl/N-ethyl adjacent to an activating group) is 1. The number of unbranched alkanes of at least 4 members (excludes halogenated alkanes) is 7. The van der Waals surface area contributed by atoms with Gasteiger partial charge in [0.15, 0.2) is 6.29 Å². The van der Waals surface area contributed by atoms with E-state index < -0.39 is 103 Å². The van der Waals surface area contributed by atoms with Crippen LogP contribution in [0.15, 0.2) is 54.6 Å². The molecule has 14 nitrogen and oxygen atoms in total. The Morgan fingerprint density at radius 2 is 1.18 bits per heavy atom. The summed E-state index contributed by atoms with van der Waals surface area (Å²) in [6.07, 6.45) is 1.63. The molecule has 0 bridgehead atoms. The van der Waals surface area contributed by atoms with Crippen LogP contribution in [-0.2, 0) is 33.3 Å². The third-order valence-corrected chi connectivity index (χ3v) is 25.3. The molecule has 87 heavy (non-hydrogen) atoms. The monoisotopic (exact) mass is 1230 g/mol. The van der Waals surface area contributed by atoms with Crippen molar-refractivity contribution in [1.29, 1.82) is 0 Å². The third kappa shape index (κ3) is 17.4. The van der Waals surface area contributed by atoms with E-state index in [2.05, 4.69) is 96.1 Å². The third-order valence-electron chi connectivity index (χ3n) is 20.4. The molecule has 0 aromatic heterocycles. The van der Waals surface area contributed by atoms with Gasteiger partial charge in [0.2, 0.25) is 0 Å². The first-order chi connectivity index (χ1) is 40.7. The normalized spacial score (nSPS) is 34.5. The second-order valence-corrected chi connectivity index (χ2v) is 32.8. The van der Waals surface area contributed by atoms with E-state index in [1.807, 2.05) is 46.7 Å². The van der Waals surface area contributed by atoms with Crippen LogP contribution in [0, 0.1) is 65.2 Å². The Labute approximate surface area is 525 Å². The fraction of sp³-hybridized carbons (Fsp3) is 0.722. The maximum Gasteiger partial charge on any atom is 0.126 e. The number of aliphatic hydroxyl groups excluding tert-OH is 3. The molecule has 18 atom stereocenters. The molecular weight excluding hydrogens is 1120 g/mol. The number of benzene rings is 3. The van der Waals surface area contributed by atoms with E-state index in [9.17, 15) is 35.1 Å². The fourth-order valence-electron chi connectivity index (χ4n) is 15.9. The van der Waals surface area contributed by atoms with Crippen LogP contribution in [0.4, 0.5) is 0 Å². The Kier molecular flexibility index (Phi) is 25.8. The number of carbonyl (C=O) groups is 2. The van der Waals surface area contributed by atoms with E-state index in [0.29, 0.717) is 12.8 Å². The summed E-state index contributed by atoms with van der Waals surface area (Å²) in [7, 11) is 2.87. The predicted octanol–water partition coefficient (Wildman–Crippen LogP) is 10.2. The van der Waals surface area contributed by atoms with Crippen LogP contribution in [0.3, 0.4) is 0 Å². The van der Waals surface area contributed by atoms with Gasteiger partial charge in [-0.3, -0.25) is 4.79 Å². The number of aliphatic hydroxyl groups is 5. The number of amides is 1. The van der Waals surface area contributed by atoms with Crippen LogP contribution in [0.25, 0.3) is 0 Å². The summed E-state index contributed by atoms with van der Waals surface area (Å²) in [6, 6.07) is 20.4. The van der Waals surface area contributed by atoms with E-state index in [1.54, 1.807) is 39.5 Å². The van der Waals surface area contributed by atoms with Crippen LogP contribution < -0.4 is 15.9 Å². The molecule has 3 aliphatic rings. The maximum atomic E-state index is 14.9. The number of rotatable bonds is 20. The van der Waals surface area contributed by atoms with Crippen molar-refractivity contribution < 1.29 is 58.8 Å². The molecule has 15 heteroatoms. The molecule has 3 heterocycles. The smallest absolute Gasteiger partial charge is 0.126 e. The molecule has 5 N–H and O–H groups in total. The average molecular weight is 1230 g/mol. The van der Waals surface area contributed by atoms with Crippen molar-refractivity contribution >= 4 is 35.1 Å². The van der Waals surface area contributed by atoms with Gasteiger partial charge in [-0.15, -0.1) is 0 Å². The minimum absolute atomic E-state index is 0.103. The van der Waals surface area contributed by atoms with Crippen LogP contribution in [0.2, 0.25) is 0 Å². The number of aryl methyl sites for hydroxylation is 6. The number of hydrogen-bond acceptors (Lipinski definition) is 13. The van der Waals surface area contributed by atoms with E-state index in [4.69, 9.17) is 23.7 Å². The average Bonchev–Trinajstić information content (AvgIpc) is 1.08. The number of esters is 1. The maximum absolute atomic E-state index is 14.9. The molecule has 3 aromatic carbocycles. The van der Waals surface area contributed by atoms with Crippen molar-refractivity contribution in [3.05, 3.63) is 88.0 Å². The van der Waals surface area contributed by atoms with Crippen molar-refractivity contribution in [1.82, 2.24) is 9.80 Å². The van der Waals surface area contributed by atoms with Crippen molar-refractivity contribution in [3.8, 4) is 0 Å². The minimum atomic E-state index is -2.46. The van der Waals surface area contributed by atoms with E-state index in [0.717, 1.165) is 51.1 Å². The first kappa shape index (κ1) is 72.7. The fourth-order valence-corrected chi connectivity index (χ4v) is 21.3. The first-order valence-electron chi connectivity index (χ1n) is 33.1. The zero-order chi connectivity index (χ0) is 64.7. The van der Waals surface area contributed by atoms with Gasteiger partial charge in [0.1, 0.15) is 30.0 Å². The SMILES string of the molecule is CC[C@H]1OC(=O)[C@H](C)[C@@H](C2C[C@@](C)(OC)[C@@H](O)[C@H](C)O2)[C@H](C)[C@@H](O[C@@H]2O[C@H](C)C[C@H](N(C)C)[C@H]2O)[C@](C)(O)C[C@@H](C)CN(C(=O)CCCCCCCCCC[PH](c2cc(C)cc(C)c2)(c2cc(C)cc(C)c2)c2cc(C)cc(C)c2)[C@H](C)[C@@H](O)[C@]1(C)O. The standard InChI is InChI=1S/C72H117N2O12P/c1-20-61-72(16,81)65(77)54(12)74(62(75)29-27-25-23-21-22-24-26-28-30-87(56-34-44(2)31-45(3)35-56,57-36-46(4)32-47(5)37-57)58-38-48(6)33-49(7)39-58)43-50(8)41-70(14,80)67(86-69-64(76)59(73(17)18)40-51(9)83-69)52(10)63(53(11)68(79)85-61)60-42-71(15,82-19)66(78)55(13)84-60/h31-39,50-55,59-61,63-67,69,76-78,80-81,87H,20-30,40-43H2,1-19H3/t50-,51-,52+,53-,54-,55+,59+,60?,61-,63+,64-,65-,66+,67-,69+,70-,71-,72-/m1/s1. The zero-order valence-electron chi connectivity index (χ0n) is 57.0. The van der Waals surface area contributed by atoms with Gasteiger partial charge in [-0.2, -0.15) is 0 Å². The van der Waals surface area contributed by atoms with E-state index in [-0.39, 0.29) is 56.2 Å². The molecule has 0 aliphatic carbocycles. The molecule has 3 saturated heterocycles.